The van der Waals surface area contributed by atoms with Gasteiger partial charge in [-0.05, 0) is 45.2 Å². The molecule has 1 rings (SSSR count). The van der Waals surface area contributed by atoms with Crippen LogP contribution in [0.15, 0.2) is 24.3 Å². The van der Waals surface area contributed by atoms with Gasteiger partial charge in [0.2, 0.25) is 0 Å². The van der Waals surface area contributed by atoms with Crippen LogP contribution >= 0.6 is 11.8 Å². The Balaban J connectivity index is 0.00000400. The quantitative estimate of drug-likeness (QED) is 0.204. The molecule has 0 saturated heterocycles. The molecule has 2 nitrogen and oxygen atoms in total. The number of carbonyl (C=O) groups is 1. The van der Waals surface area contributed by atoms with E-state index < -0.39 is 8.32 Å². The van der Waals surface area contributed by atoms with Gasteiger partial charge in [0, 0.05) is 7.11 Å². The Labute approximate surface area is 128 Å². The van der Waals surface area contributed by atoms with Gasteiger partial charge in [-0.15, -0.1) is 11.8 Å². The number of rotatable bonds is 8. The van der Waals surface area contributed by atoms with Crippen molar-refractivity contribution in [2.45, 2.75) is 44.2 Å². The molecule has 5 heteroatoms. The first-order valence-electron chi connectivity index (χ1n) is 6.98. The Bertz CT molecular complexity index is 435. The molecule has 0 bridgehead atoms. The van der Waals surface area contributed by atoms with E-state index in [1.807, 2.05) is 26.0 Å². The molecule has 21 heavy (non-hydrogen) atoms. The summed E-state index contributed by atoms with van der Waals surface area (Å²) in [6.45, 7) is 8.48. The molecule has 0 aliphatic carbocycles. The maximum atomic E-state index is 12.5. The third-order valence-electron chi connectivity index (χ3n) is 3.47. The molecule has 0 heterocycles. The SMILES string of the molecule is CO[Si](C)(C)CCCSC(C)(C)C(=O)c1cc[c-]cc1.[Cf]. The molecular weight excluding hydrogens is 535 g/mol. The molecule has 0 amide bonds. The molecule has 0 spiro atoms. The van der Waals surface area contributed by atoms with Gasteiger partial charge < -0.3 is 4.43 Å². The second-order valence-corrected chi connectivity index (χ2v) is 12.2. The molecule has 0 fully saturated rings. The van der Waals surface area contributed by atoms with Crippen LogP contribution in [0.1, 0.15) is 30.6 Å². The Hall–Kier alpha value is -1.58. The van der Waals surface area contributed by atoms with Crippen molar-refractivity contribution >= 4 is 25.9 Å². The summed E-state index contributed by atoms with van der Waals surface area (Å²) in [4.78, 5) is 12.5. The van der Waals surface area contributed by atoms with E-state index in [1.54, 1.807) is 31.0 Å². The van der Waals surface area contributed by atoms with Crippen molar-refractivity contribution < 1.29 is 9.22 Å². The first-order chi connectivity index (χ1) is 9.28. The van der Waals surface area contributed by atoms with E-state index in [-0.39, 0.29) is 10.5 Å². The van der Waals surface area contributed by atoms with Crippen LogP contribution in [0.25, 0.3) is 0 Å². The number of benzene rings is 1. The van der Waals surface area contributed by atoms with Crippen LogP contribution in [-0.2, 0) is 4.43 Å². The van der Waals surface area contributed by atoms with Crippen molar-refractivity contribution in [3.8, 4) is 0 Å². The van der Waals surface area contributed by atoms with E-state index in [2.05, 4.69) is 19.2 Å². The first-order valence-corrected chi connectivity index (χ1v) is 11.1. The van der Waals surface area contributed by atoms with Crippen molar-refractivity contribution in [3.63, 3.8) is 0 Å². The van der Waals surface area contributed by atoms with E-state index in [0.29, 0.717) is 0 Å². The number of hydrogen-bond acceptors (Lipinski definition) is 3. The summed E-state index contributed by atoms with van der Waals surface area (Å²) in [5.41, 5.74) is 0.771. The minimum absolute atomic E-state index is 0. The molecule has 0 aliphatic heterocycles. The fourth-order valence-electron chi connectivity index (χ4n) is 1.88. The molecule has 122 valence electrons. The van der Waals surface area contributed by atoms with Crippen molar-refractivity contribution in [2.24, 2.45) is 0 Å². The zero-order chi connectivity index (χ0) is 15.2. The summed E-state index contributed by atoms with van der Waals surface area (Å²) >= 11 is 1.74. The van der Waals surface area contributed by atoms with Gasteiger partial charge in [-0.3, -0.25) is 4.79 Å². The number of ketones is 1. The third kappa shape index (κ3) is 6.15. The molecule has 0 atom stereocenters. The van der Waals surface area contributed by atoms with E-state index in [1.165, 1.54) is 0 Å². The molecule has 0 aliphatic rings. The van der Waals surface area contributed by atoms with Crippen molar-refractivity contribution in [1.29, 1.82) is 0 Å². The van der Waals surface area contributed by atoms with Crippen LogP contribution < -0.4 is 0 Å². The minimum atomic E-state index is -1.47. The Kier molecular flexibility index (Phi) is 7.40. The molecular formula is C16H25CfO2SSi-. The molecule has 1 aromatic carbocycles. The van der Waals surface area contributed by atoms with Crippen LogP contribution in [0, 0.1) is 6.07 Å². The number of thioether (sulfide) groups is 1. The molecule has 0 radical (unpaired) electrons. The van der Waals surface area contributed by atoms with Crippen LogP contribution in [0.2, 0.25) is 19.1 Å². The molecule has 0 saturated carbocycles. The number of Topliss-reactive ketones (excluding diaryl/α,β-unsaturated/α-hetero) is 1. The Morgan fingerprint density at radius 1 is 1.33 bits per heavy atom. The predicted molar refractivity (Wildman–Crippen MR) is 90.1 cm³/mol. The van der Waals surface area contributed by atoms with Gasteiger partial charge in [0.1, 0.15) is 0 Å². The van der Waals surface area contributed by atoms with Crippen molar-refractivity contribution in [2.75, 3.05) is 12.9 Å². The summed E-state index contributed by atoms with van der Waals surface area (Å²) < 4.78 is 5.17. The van der Waals surface area contributed by atoms with E-state index in [4.69, 9.17) is 4.43 Å². The van der Waals surface area contributed by atoms with Gasteiger partial charge in [-0.2, -0.15) is 30.3 Å². The Morgan fingerprint density at radius 3 is 2.43 bits per heavy atom. The summed E-state index contributed by atoms with van der Waals surface area (Å²) in [5, 5.41) is 0. The van der Waals surface area contributed by atoms with E-state index >= 15 is 0 Å². The van der Waals surface area contributed by atoms with Crippen LogP contribution in [-0.4, -0.2) is 31.7 Å². The fraction of sp³-hybridized carbons (Fsp3) is 0.562. The zero-order valence-corrected chi connectivity index (χ0v) is 17.9. The summed E-state index contributed by atoms with van der Waals surface area (Å²) in [5.74, 6) is 1.19. The number of carbonyl (C=O) groups excluding carboxylic acids is 1. The molecule has 0 N–H and O–H groups in total. The summed E-state index contributed by atoms with van der Waals surface area (Å²) in [6.07, 6.45) is 1.11. The maximum Gasteiger partial charge on any atom is 0.186 e. The summed E-state index contributed by atoms with van der Waals surface area (Å²) in [7, 11) is 0.338. The van der Waals surface area contributed by atoms with Gasteiger partial charge in [-0.1, -0.05) is 5.56 Å². The van der Waals surface area contributed by atoms with Crippen LogP contribution in [0.3, 0.4) is 0 Å². The smallest absolute Gasteiger partial charge is 0.186 e. The van der Waals surface area contributed by atoms with E-state index in [9.17, 15) is 4.79 Å². The van der Waals surface area contributed by atoms with Crippen molar-refractivity contribution in [3.05, 3.63) is 35.9 Å². The van der Waals surface area contributed by atoms with Crippen LogP contribution in [0.4, 0.5) is 0 Å². The average molecular weight is 561 g/mol. The second-order valence-electron chi connectivity index (χ2n) is 6.04. The van der Waals surface area contributed by atoms with Crippen LogP contribution in [0.5, 0.6) is 0 Å². The zero-order valence-electron chi connectivity index (χ0n) is 13.5. The second kappa shape index (κ2) is 8.01. The summed E-state index contributed by atoms with van der Waals surface area (Å²) in [6, 6.07) is 11.3. The largest absolute Gasteiger partial charge is 0.420 e. The molecule has 0 unspecified atom stereocenters. The van der Waals surface area contributed by atoms with Gasteiger partial charge in [0.05, 0.1) is 4.75 Å². The minimum Gasteiger partial charge on any atom is -0.420 e. The molecule has 1 aromatic rings. The first kappa shape index (κ1) is 19.4. The monoisotopic (exact) mass is 558 g/mol. The standard InChI is InChI=1S/C16H25O2SSi.Cf/c1-16(2,15(17)14-10-7-6-8-11-14)19-12-9-13-20(4,5)18-3;/h7-8,10-11H,9,12-13H2,1-5H3;/q-1;. The van der Waals surface area contributed by atoms with Gasteiger partial charge in [-0.25, -0.2) is 0 Å². The van der Waals surface area contributed by atoms with E-state index in [0.717, 1.165) is 23.8 Å². The van der Waals surface area contributed by atoms with Crippen molar-refractivity contribution in [1.82, 2.24) is 0 Å². The fourth-order valence-corrected chi connectivity index (χ4v) is 4.42. The third-order valence-corrected chi connectivity index (χ3v) is 7.53. The van der Waals surface area contributed by atoms with Gasteiger partial charge in [0.25, 0.3) is 0 Å². The topological polar surface area (TPSA) is 26.3 Å². The molecule has 0 aromatic heterocycles. The van der Waals surface area contributed by atoms with Gasteiger partial charge in [0.15, 0.2) is 14.1 Å². The predicted octanol–water partition coefficient (Wildman–Crippen LogP) is 4.42. The Morgan fingerprint density at radius 2 is 1.90 bits per heavy atom. The normalized spacial score (nSPS) is 11.9. The number of hydrogen-bond donors (Lipinski definition) is 0. The van der Waals surface area contributed by atoms with Gasteiger partial charge >= 0.3 is 0 Å². The maximum absolute atomic E-state index is 12.5. The average Bonchev–Trinajstić information content (AvgIpc) is 2.44.